The van der Waals surface area contributed by atoms with Crippen LogP contribution in [0.25, 0.3) is 0 Å². The maximum absolute atomic E-state index is 13.1. The molecule has 166 valence electrons. The number of amides is 2. The molecule has 2 heterocycles. The van der Waals surface area contributed by atoms with E-state index in [-0.39, 0.29) is 17.9 Å². The fourth-order valence-corrected chi connectivity index (χ4v) is 4.53. The molecule has 2 fully saturated rings. The lowest BCUT2D eigenvalue weighted by atomic mass is 10.0. The van der Waals surface area contributed by atoms with Crippen molar-refractivity contribution in [1.82, 2.24) is 20.0 Å². The Bertz CT molecular complexity index is 856. The minimum atomic E-state index is -0.193. The Kier molecular flexibility index (Phi) is 7.20. The summed E-state index contributed by atoms with van der Waals surface area (Å²) in [4.78, 5) is 19.5. The number of halogens is 1. The summed E-state index contributed by atoms with van der Waals surface area (Å²) in [6.07, 6.45) is 1.92. The molecule has 0 bridgehead atoms. The van der Waals surface area contributed by atoms with Gasteiger partial charge in [-0.2, -0.15) is 0 Å². The summed E-state index contributed by atoms with van der Waals surface area (Å²) in [5, 5.41) is 3.24. The molecule has 0 saturated carbocycles. The molecule has 0 spiro atoms. The van der Waals surface area contributed by atoms with Crippen LogP contribution in [-0.4, -0.2) is 66.0 Å². The molecule has 1 N–H and O–H groups in total. The largest absolute Gasteiger partial charge is 0.335 e. The van der Waals surface area contributed by atoms with Crippen molar-refractivity contribution in [1.29, 1.82) is 0 Å². The van der Waals surface area contributed by atoms with Gasteiger partial charge in [0.1, 0.15) is 5.82 Å². The smallest absolute Gasteiger partial charge is 0.317 e. The number of piperazine rings is 1. The molecule has 2 aromatic carbocycles. The van der Waals surface area contributed by atoms with E-state index in [4.69, 9.17) is 0 Å². The van der Waals surface area contributed by atoms with Crippen LogP contribution in [0.15, 0.2) is 48.5 Å². The summed E-state index contributed by atoms with van der Waals surface area (Å²) in [5.74, 6) is -0.193. The van der Waals surface area contributed by atoms with Gasteiger partial charge >= 0.3 is 6.03 Å². The number of carbonyl (C=O) groups excluding carboxylic acids is 1. The second-order valence-electron chi connectivity index (χ2n) is 8.88. The van der Waals surface area contributed by atoms with Gasteiger partial charge < -0.3 is 10.2 Å². The SMILES string of the molecule is Cc1cccc(CN2CCN(C(=O)NC3CCN(Cc4ccc(F)cc4)CC3)CC2)c1. The number of aryl methyl sites for hydroxylation is 1. The fourth-order valence-electron chi connectivity index (χ4n) is 4.53. The Morgan fingerprint density at radius 2 is 1.55 bits per heavy atom. The number of hydrogen-bond acceptors (Lipinski definition) is 3. The standard InChI is InChI=1S/C25H33FN4O/c1-20-3-2-4-22(17-20)19-29-13-15-30(16-14-29)25(31)27-24-9-11-28(12-10-24)18-21-5-7-23(26)8-6-21/h2-8,17,24H,9-16,18-19H2,1H3,(H,27,31). The van der Waals surface area contributed by atoms with Gasteiger partial charge in [0.25, 0.3) is 0 Å². The van der Waals surface area contributed by atoms with Crippen LogP contribution in [0.5, 0.6) is 0 Å². The van der Waals surface area contributed by atoms with Crippen LogP contribution in [0.1, 0.15) is 29.5 Å². The number of nitrogens with one attached hydrogen (secondary N) is 1. The molecule has 0 unspecified atom stereocenters. The molecule has 31 heavy (non-hydrogen) atoms. The first kappa shape index (κ1) is 21.8. The van der Waals surface area contributed by atoms with Crippen LogP contribution in [-0.2, 0) is 13.1 Å². The number of carbonyl (C=O) groups is 1. The van der Waals surface area contributed by atoms with E-state index in [1.165, 1.54) is 23.3 Å². The first-order chi connectivity index (χ1) is 15.0. The van der Waals surface area contributed by atoms with Gasteiger partial charge in [-0.05, 0) is 43.0 Å². The van der Waals surface area contributed by atoms with Gasteiger partial charge in [-0.25, -0.2) is 9.18 Å². The molecule has 2 aliphatic rings. The van der Waals surface area contributed by atoms with E-state index in [0.29, 0.717) is 0 Å². The van der Waals surface area contributed by atoms with Crippen molar-refractivity contribution < 1.29 is 9.18 Å². The first-order valence-corrected chi connectivity index (χ1v) is 11.4. The Labute approximate surface area is 184 Å². The van der Waals surface area contributed by atoms with Gasteiger partial charge in [0.15, 0.2) is 0 Å². The Morgan fingerprint density at radius 1 is 0.903 bits per heavy atom. The van der Waals surface area contributed by atoms with Gasteiger partial charge in [-0.15, -0.1) is 0 Å². The van der Waals surface area contributed by atoms with Crippen molar-refractivity contribution in [2.45, 2.75) is 38.9 Å². The Balaban J connectivity index is 1.16. The van der Waals surface area contributed by atoms with Crippen LogP contribution in [0.3, 0.4) is 0 Å². The van der Waals surface area contributed by atoms with Gasteiger partial charge in [-0.3, -0.25) is 9.80 Å². The van der Waals surface area contributed by atoms with E-state index >= 15 is 0 Å². The third-order valence-electron chi connectivity index (χ3n) is 6.38. The highest BCUT2D eigenvalue weighted by Crippen LogP contribution is 2.15. The molecule has 2 aliphatic heterocycles. The topological polar surface area (TPSA) is 38.8 Å². The molecule has 2 amide bonds. The Morgan fingerprint density at radius 3 is 2.23 bits per heavy atom. The number of likely N-dealkylation sites (tertiary alicyclic amines) is 1. The third kappa shape index (κ3) is 6.28. The molecule has 2 aromatic rings. The lowest BCUT2D eigenvalue weighted by molar-refractivity contribution is 0.127. The highest BCUT2D eigenvalue weighted by atomic mass is 19.1. The van der Waals surface area contributed by atoms with E-state index in [2.05, 4.69) is 46.3 Å². The highest BCUT2D eigenvalue weighted by molar-refractivity contribution is 5.74. The van der Waals surface area contributed by atoms with Gasteiger partial charge in [0, 0.05) is 58.4 Å². The average Bonchev–Trinajstić information content (AvgIpc) is 2.77. The lowest BCUT2D eigenvalue weighted by Crippen LogP contribution is -2.54. The number of urea groups is 1. The van der Waals surface area contributed by atoms with Crippen LogP contribution < -0.4 is 5.32 Å². The zero-order chi connectivity index (χ0) is 21.6. The summed E-state index contributed by atoms with van der Waals surface area (Å²) < 4.78 is 13.1. The van der Waals surface area contributed by atoms with Crippen LogP contribution in [0.2, 0.25) is 0 Å². The van der Waals surface area contributed by atoms with Gasteiger partial charge in [0.05, 0.1) is 0 Å². The summed E-state index contributed by atoms with van der Waals surface area (Å²) in [6.45, 7) is 9.20. The lowest BCUT2D eigenvalue weighted by Gasteiger charge is -2.37. The molecule has 4 rings (SSSR count). The molecule has 6 heteroatoms. The fraction of sp³-hybridized carbons (Fsp3) is 0.480. The van der Waals surface area contributed by atoms with Gasteiger partial charge in [-0.1, -0.05) is 42.0 Å². The van der Waals surface area contributed by atoms with E-state index in [1.807, 2.05) is 17.0 Å². The number of rotatable bonds is 5. The van der Waals surface area contributed by atoms with E-state index in [9.17, 15) is 9.18 Å². The average molecular weight is 425 g/mol. The predicted molar refractivity (Wildman–Crippen MR) is 121 cm³/mol. The van der Waals surface area contributed by atoms with Crippen molar-refractivity contribution in [2.24, 2.45) is 0 Å². The molecular formula is C25H33FN4O. The van der Waals surface area contributed by atoms with Gasteiger partial charge in [0.2, 0.25) is 0 Å². The highest BCUT2D eigenvalue weighted by Gasteiger charge is 2.25. The van der Waals surface area contributed by atoms with E-state index < -0.39 is 0 Å². The number of nitrogens with zero attached hydrogens (tertiary/aromatic N) is 3. The zero-order valence-corrected chi connectivity index (χ0v) is 18.4. The maximum atomic E-state index is 13.1. The first-order valence-electron chi connectivity index (χ1n) is 11.4. The summed E-state index contributed by atoms with van der Waals surface area (Å²) >= 11 is 0. The summed E-state index contributed by atoms with van der Waals surface area (Å²) in [6, 6.07) is 15.7. The number of piperidine rings is 1. The van der Waals surface area contributed by atoms with Crippen LogP contribution in [0, 0.1) is 12.7 Å². The van der Waals surface area contributed by atoms with Crippen molar-refractivity contribution in [3.05, 3.63) is 71.0 Å². The van der Waals surface area contributed by atoms with Crippen LogP contribution in [0.4, 0.5) is 9.18 Å². The quantitative estimate of drug-likeness (QED) is 0.797. The maximum Gasteiger partial charge on any atom is 0.317 e. The predicted octanol–water partition coefficient (Wildman–Crippen LogP) is 3.63. The molecule has 5 nitrogen and oxygen atoms in total. The number of benzene rings is 2. The molecular weight excluding hydrogens is 391 g/mol. The van der Waals surface area contributed by atoms with E-state index in [0.717, 1.165) is 70.8 Å². The van der Waals surface area contributed by atoms with Crippen LogP contribution >= 0.6 is 0 Å². The van der Waals surface area contributed by atoms with Crippen molar-refractivity contribution in [2.75, 3.05) is 39.3 Å². The minimum absolute atomic E-state index is 0.0761. The minimum Gasteiger partial charge on any atom is -0.335 e. The van der Waals surface area contributed by atoms with Crippen molar-refractivity contribution in [3.63, 3.8) is 0 Å². The monoisotopic (exact) mass is 424 g/mol. The van der Waals surface area contributed by atoms with E-state index in [1.54, 1.807) is 0 Å². The number of hydrogen-bond donors (Lipinski definition) is 1. The second-order valence-corrected chi connectivity index (χ2v) is 8.88. The van der Waals surface area contributed by atoms with Crippen molar-refractivity contribution in [3.8, 4) is 0 Å². The zero-order valence-electron chi connectivity index (χ0n) is 18.4. The molecule has 2 saturated heterocycles. The third-order valence-corrected chi connectivity index (χ3v) is 6.38. The Hall–Kier alpha value is -2.44. The summed E-state index contributed by atoms with van der Waals surface area (Å²) in [5.41, 5.74) is 3.76. The van der Waals surface area contributed by atoms with Crippen molar-refractivity contribution >= 4 is 6.03 Å². The summed E-state index contributed by atoms with van der Waals surface area (Å²) in [7, 11) is 0. The normalized spacial score (nSPS) is 18.8. The molecule has 0 aliphatic carbocycles. The molecule has 0 atom stereocenters. The molecule has 0 aromatic heterocycles. The molecule has 0 radical (unpaired) electrons. The second kappa shape index (κ2) is 10.2.